The van der Waals surface area contributed by atoms with E-state index in [2.05, 4.69) is 54.2 Å². The van der Waals surface area contributed by atoms with Gasteiger partial charge >= 0.3 is 0 Å². The van der Waals surface area contributed by atoms with E-state index in [0.717, 1.165) is 26.2 Å². The van der Waals surface area contributed by atoms with Crippen molar-refractivity contribution in [3.63, 3.8) is 0 Å². The molecule has 2 atom stereocenters. The van der Waals surface area contributed by atoms with Gasteiger partial charge in [0.2, 0.25) is 0 Å². The molecule has 0 bridgehead atoms. The number of hydrogen-bond donors (Lipinski definition) is 1. The standard InChI is InChI=1S/C17H29N3S/c1-4-14(2)19-9-11-20(12-10-19)17(13-18)15-5-7-16(21-3)8-6-15/h5-8,14,17H,4,9-13,18H2,1-3H3. The van der Waals surface area contributed by atoms with E-state index in [1.807, 2.05) is 0 Å². The van der Waals surface area contributed by atoms with Gasteiger partial charge in [-0.1, -0.05) is 19.1 Å². The van der Waals surface area contributed by atoms with Crippen LogP contribution in [0.5, 0.6) is 0 Å². The summed E-state index contributed by atoms with van der Waals surface area (Å²) in [4.78, 5) is 6.46. The second-order valence-electron chi connectivity index (χ2n) is 5.85. The summed E-state index contributed by atoms with van der Waals surface area (Å²) in [6, 6.07) is 9.95. The summed E-state index contributed by atoms with van der Waals surface area (Å²) in [5.74, 6) is 0. The van der Waals surface area contributed by atoms with Crippen molar-refractivity contribution in [1.29, 1.82) is 0 Å². The van der Waals surface area contributed by atoms with Crippen LogP contribution in [0.2, 0.25) is 0 Å². The molecule has 0 aromatic heterocycles. The van der Waals surface area contributed by atoms with E-state index in [4.69, 9.17) is 5.73 Å². The maximum atomic E-state index is 6.07. The Balaban J connectivity index is 1.98. The molecule has 0 saturated carbocycles. The van der Waals surface area contributed by atoms with Crippen LogP contribution in [0.15, 0.2) is 29.2 Å². The third-order valence-electron chi connectivity index (χ3n) is 4.73. The number of nitrogens with zero attached hydrogens (tertiary/aromatic N) is 2. The minimum absolute atomic E-state index is 0.361. The Hall–Kier alpha value is -0.550. The maximum Gasteiger partial charge on any atom is 0.0471 e. The van der Waals surface area contributed by atoms with Gasteiger partial charge in [-0.25, -0.2) is 0 Å². The average molecular weight is 308 g/mol. The Morgan fingerprint density at radius 1 is 1.10 bits per heavy atom. The van der Waals surface area contributed by atoms with Crippen LogP contribution in [-0.2, 0) is 0 Å². The highest BCUT2D eigenvalue weighted by Crippen LogP contribution is 2.24. The molecule has 0 aliphatic carbocycles. The molecule has 1 heterocycles. The molecule has 21 heavy (non-hydrogen) atoms. The first kappa shape index (κ1) is 16.8. The summed E-state index contributed by atoms with van der Waals surface area (Å²) in [6.07, 6.45) is 3.35. The first-order valence-electron chi connectivity index (χ1n) is 8.01. The molecule has 1 saturated heterocycles. The Kier molecular flexibility index (Phi) is 6.55. The van der Waals surface area contributed by atoms with Crippen molar-refractivity contribution < 1.29 is 0 Å². The molecule has 0 spiro atoms. The van der Waals surface area contributed by atoms with Crippen molar-refractivity contribution in [2.45, 2.75) is 37.2 Å². The number of piperazine rings is 1. The molecule has 1 aromatic carbocycles. The minimum atomic E-state index is 0.361. The summed E-state index contributed by atoms with van der Waals surface area (Å²) in [6.45, 7) is 9.86. The number of thioether (sulfide) groups is 1. The molecular formula is C17H29N3S. The van der Waals surface area contributed by atoms with E-state index in [1.54, 1.807) is 11.8 Å². The third-order valence-corrected chi connectivity index (χ3v) is 5.47. The van der Waals surface area contributed by atoms with Crippen molar-refractivity contribution in [1.82, 2.24) is 9.80 Å². The molecule has 1 aromatic rings. The van der Waals surface area contributed by atoms with E-state index in [9.17, 15) is 0 Å². The number of rotatable bonds is 6. The predicted octanol–water partition coefficient (Wildman–Crippen LogP) is 2.82. The first-order chi connectivity index (χ1) is 10.2. The van der Waals surface area contributed by atoms with Crippen LogP contribution in [-0.4, -0.2) is 54.8 Å². The van der Waals surface area contributed by atoms with Crippen molar-refractivity contribution in [2.24, 2.45) is 5.73 Å². The van der Waals surface area contributed by atoms with Gasteiger partial charge in [-0.15, -0.1) is 11.8 Å². The second-order valence-corrected chi connectivity index (χ2v) is 6.73. The summed E-state index contributed by atoms with van der Waals surface area (Å²) >= 11 is 1.79. The molecule has 3 nitrogen and oxygen atoms in total. The molecule has 1 aliphatic heterocycles. The lowest BCUT2D eigenvalue weighted by molar-refractivity contribution is 0.0743. The lowest BCUT2D eigenvalue weighted by Gasteiger charge is -2.41. The van der Waals surface area contributed by atoms with Gasteiger partial charge in [-0.05, 0) is 37.3 Å². The molecule has 118 valence electrons. The van der Waals surface area contributed by atoms with Crippen LogP contribution < -0.4 is 5.73 Å². The summed E-state index contributed by atoms with van der Waals surface area (Å²) in [7, 11) is 0. The quantitative estimate of drug-likeness (QED) is 0.819. The molecule has 4 heteroatoms. The van der Waals surface area contributed by atoms with E-state index in [0.29, 0.717) is 18.6 Å². The lowest BCUT2D eigenvalue weighted by Crippen LogP contribution is -2.51. The molecule has 1 aliphatic rings. The van der Waals surface area contributed by atoms with Crippen molar-refractivity contribution >= 4 is 11.8 Å². The number of nitrogens with two attached hydrogens (primary N) is 1. The first-order valence-corrected chi connectivity index (χ1v) is 9.24. The van der Waals surface area contributed by atoms with Gasteiger partial charge in [0.05, 0.1) is 0 Å². The van der Waals surface area contributed by atoms with E-state index in [-0.39, 0.29) is 0 Å². The number of benzene rings is 1. The largest absolute Gasteiger partial charge is 0.329 e. The van der Waals surface area contributed by atoms with E-state index < -0.39 is 0 Å². The van der Waals surface area contributed by atoms with Gasteiger partial charge in [-0.2, -0.15) is 0 Å². The van der Waals surface area contributed by atoms with Crippen molar-refractivity contribution in [2.75, 3.05) is 39.0 Å². The van der Waals surface area contributed by atoms with Gasteiger partial charge in [0.25, 0.3) is 0 Å². The van der Waals surface area contributed by atoms with Crippen molar-refractivity contribution in [3.8, 4) is 0 Å². The smallest absolute Gasteiger partial charge is 0.0471 e. The second kappa shape index (κ2) is 8.18. The highest BCUT2D eigenvalue weighted by atomic mass is 32.2. The van der Waals surface area contributed by atoms with Crippen LogP contribution >= 0.6 is 11.8 Å². The van der Waals surface area contributed by atoms with Crippen molar-refractivity contribution in [3.05, 3.63) is 29.8 Å². The molecule has 2 rings (SSSR count). The fourth-order valence-electron chi connectivity index (χ4n) is 3.07. The average Bonchev–Trinajstić information content (AvgIpc) is 2.56. The zero-order valence-corrected chi connectivity index (χ0v) is 14.4. The van der Waals surface area contributed by atoms with Gasteiger partial charge in [0.1, 0.15) is 0 Å². The van der Waals surface area contributed by atoms with E-state index in [1.165, 1.54) is 16.9 Å². The molecule has 1 fully saturated rings. The Labute approximate surface area is 133 Å². The molecule has 0 amide bonds. The van der Waals surface area contributed by atoms with Gasteiger partial charge in [-0.3, -0.25) is 9.80 Å². The summed E-state index contributed by atoms with van der Waals surface area (Å²) in [5.41, 5.74) is 7.42. The zero-order chi connectivity index (χ0) is 15.2. The Bertz CT molecular complexity index is 413. The van der Waals surface area contributed by atoms with Crippen LogP contribution in [0.4, 0.5) is 0 Å². The molecule has 2 unspecified atom stereocenters. The van der Waals surface area contributed by atoms with Crippen LogP contribution in [0.1, 0.15) is 31.9 Å². The maximum absolute atomic E-state index is 6.07. The van der Waals surface area contributed by atoms with Gasteiger partial charge in [0.15, 0.2) is 0 Å². The molecule has 2 N–H and O–H groups in total. The fourth-order valence-corrected chi connectivity index (χ4v) is 3.48. The molecule has 0 radical (unpaired) electrons. The van der Waals surface area contributed by atoms with Crippen LogP contribution in [0, 0.1) is 0 Å². The van der Waals surface area contributed by atoms with Crippen LogP contribution in [0.3, 0.4) is 0 Å². The number of hydrogen-bond acceptors (Lipinski definition) is 4. The zero-order valence-electron chi connectivity index (χ0n) is 13.6. The molecular weight excluding hydrogens is 278 g/mol. The Morgan fingerprint density at radius 3 is 2.14 bits per heavy atom. The summed E-state index contributed by atoms with van der Waals surface area (Å²) in [5, 5.41) is 0. The monoisotopic (exact) mass is 307 g/mol. The summed E-state index contributed by atoms with van der Waals surface area (Å²) < 4.78 is 0. The predicted molar refractivity (Wildman–Crippen MR) is 92.9 cm³/mol. The van der Waals surface area contributed by atoms with Gasteiger partial charge < -0.3 is 5.73 Å². The third kappa shape index (κ3) is 4.22. The van der Waals surface area contributed by atoms with Crippen LogP contribution in [0.25, 0.3) is 0 Å². The van der Waals surface area contributed by atoms with Gasteiger partial charge in [0, 0.05) is 49.7 Å². The lowest BCUT2D eigenvalue weighted by atomic mass is 10.0. The highest BCUT2D eigenvalue weighted by molar-refractivity contribution is 7.98. The topological polar surface area (TPSA) is 32.5 Å². The van der Waals surface area contributed by atoms with E-state index >= 15 is 0 Å². The fraction of sp³-hybridized carbons (Fsp3) is 0.647. The normalized spacial score (nSPS) is 20.4. The SMILES string of the molecule is CCC(C)N1CCN(C(CN)c2ccc(SC)cc2)CC1. The highest BCUT2D eigenvalue weighted by Gasteiger charge is 2.25. The Morgan fingerprint density at radius 2 is 1.67 bits per heavy atom. The minimum Gasteiger partial charge on any atom is -0.329 e.